The molecule has 1 aromatic rings. The topological polar surface area (TPSA) is 18.5 Å². The van der Waals surface area contributed by atoms with Gasteiger partial charge in [-0.05, 0) is 112 Å². The lowest BCUT2D eigenvalue weighted by Gasteiger charge is -2.41. The second kappa shape index (κ2) is 11.1. The van der Waals surface area contributed by atoms with Crippen LogP contribution < -0.4 is 4.74 Å². The van der Waals surface area contributed by atoms with Gasteiger partial charge in [0.05, 0.1) is 19.3 Å². The van der Waals surface area contributed by atoms with Gasteiger partial charge in [-0.3, -0.25) is 0 Å². The zero-order valence-corrected chi connectivity index (χ0v) is 19.7. The van der Waals surface area contributed by atoms with Crippen molar-refractivity contribution in [1.82, 2.24) is 0 Å². The lowest BCUT2D eigenvalue weighted by molar-refractivity contribution is -0.0721. The summed E-state index contributed by atoms with van der Waals surface area (Å²) in [5.74, 6) is 1.32. The van der Waals surface area contributed by atoms with Gasteiger partial charge in [0.25, 0.3) is 0 Å². The smallest absolute Gasteiger partial charge is 0.200 e. The van der Waals surface area contributed by atoms with E-state index in [4.69, 9.17) is 9.47 Å². The van der Waals surface area contributed by atoms with E-state index in [2.05, 4.69) is 12.7 Å². The van der Waals surface area contributed by atoms with Crippen LogP contribution in [0.2, 0.25) is 0 Å². The molecule has 1 heterocycles. The van der Waals surface area contributed by atoms with Gasteiger partial charge in [-0.1, -0.05) is 19.1 Å². The van der Waals surface area contributed by atoms with Crippen molar-refractivity contribution >= 4 is 0 Å². The van der Waals surface area contributed by atoms with Crippen molar-refractivity contribution in [2.24, 2.45) is 23.7 Å². The molecule has 1 saturated heterocycles. The van der Waals surface area contributed by atoms with Crippen LogP contribution in [0.5, 0.6) is 5.75 Å². The first-order valence-electron chi connectivity index (χ1n) is 13.0. The van der Waals surface area contributed by atoms with E-state index in [9.17, 15) is 8.78 Å². The third-order valence-corrected chi connectivity index (χ3v) is 8.44. The number of halogens is 2. The van der Waals surface area contributed by atoms with Crippen molar-refractivity contribution in [3.63, 3.8) is 0 Å². The Morgan fingerprint density at radius 3 is 2.22 bits per heavy atom. The first-order chi connectivity index (χ1) is 15.6. The largest absolute Gasteiger partial charge is 0.490 e. The summed E-state index contributed by atoms with van der Waals surface area (Å²) in [6.45, 7) is 7.19. The van der Waals surface area contributed by atoms with Gasteiger partial charge in [-0.25, -0.2) is 4.39 Å². The van der Waals surface area contributed by atoms with Crippen molar-refractivity contribution in [3.05, 3.63) is 42.0 Å². The van der Waals surface area contributed by atoms with Gasteiger partial charge in [0.1, 0.15) is 0 Å². The molecular weight excluding hydrogens is 406 g/mol. The first-order valence-corrected chi connectivity index (χ1v) is 13.0. The van der Waals surface area contributed by atoms with E-state index in [1.54, 1.807) is 12.1 Å². The molecule has 3 fully saturated rings. The Bertz CT molecular complexity index is 740. The van der Waals surface area contributed by atoms with E-state index in [1.165, 1.54) is 38.5 Å². The minimum absolute atomic E-state index is 0.0358. The van der Waals surface area contributed by atoms with Gasteiger partial charge in [0.2, 0.25) is 5.82 Å². The second-order valence-electron chi connectivity index (χ2n) is 10.4. The van der Waals surface area contributed by atoms with Crippen LogP contribution in [0, 0.1) is 35.3 Å². The van der Waals surface area contributed by atoms with Crippen LogP contribution in [-0.2, 0) is 4.74 Å². The quantitative estimate of drug-likeness (QED) is 0.398. The number of rotatable bonds is 7. The molecule has 1 aromatic carbocycles. The summed E-state index contributed by atoms with van der Waals surface area (Å²) in [5, 5.41) is 0. The lowest BCUT2D eigenvalue weighted by Crippen LogP contribution is -2.37. The Labute approximate surface area is 192 Å². The minimum atomic E-state index is -0.827. The van der Waals surface area contributed by atoms with E-state index in [0.29, 0.717) is 36.0 Å². The lowest BCUT2D eigenvalue weighted by atomic mass is 9.71. The van der Waals surface area contributed by atoms with Crippen LogP contribution in [0.25, 0.3) is 0 Å². The summed E-state index contributed by atoms with van der Waals surface area (Å²) >= 11 is 0. The molecule has 2 aliphatic carbocycles. The average Bonchev–Trinajstić information content (AvgIpc) is 2.85. The molecule has 2 saturated carbocycles. The summed E-state index contributed by atoms with van der Waals surface area (Å²) in [6.07, 6.45) is 14.9. The van der Waals surface area contributed by atoms with Crippen molar-refractivity contribution in [2.45, 2.75) is 89.6 Å². The van der Waals surface area contributed by atoms with Gasteiger partial charge in [0, 0.05) is 0 Å². The van der Waals surface area contributed by atoms with E-state index >= 15 is 0 Å². The average molecular weight is 447 g/mol. The van der Waals surface area contributed by atoms with E-state index in [1.807, 2.05) is 6.92 Å². The number of allylic oxidation sites excluding steroid dienone is 1. The summed E-state index contributed by atoms with van der Waals surface area (Å²) in [6, 6.07) is 3.34. The SMILES string of the molecule is C=CC1CCC(C2CCC(C3CCC(c4ccc(OCCC)c(F)c4F)CC3)CO2)CC1. The van der Waals surface area contributed by atoms with Gasteiger partial charge in [-0.15, -0.1) is 6.58 Å². The third kappa shape index (κ3) is 5.38. The zero-order valence-electron chi connectivity index (χ0n) is 19.7. The Morgan fingerprint density at radius 2 is 1.59 bits per heavy atom. The molecule has 2 atom stereocenters. The standard InChI is InChI=1S/C28H40F2O2/c1-3-17-31-26-16-14-24(27(29)28(26)30)21-11-9-20(10-12-21)23-13-15-25(32-18-23)22-7-5-19(4-2)6-8-22/h4,14,16,19-23,25H,2-3,5-13,15,17-18H2,1H3. The molecule has 32 heavy (non-hydrogen) atoms. The van der Waals surface area contributed by atoms with Crippen LogP contribution in [0.1, 0.15) is 89.0 Å². The van der Waals surface area contributed by atoms with E-state index < -0.39 is 11.6 Å². The third-order valence-electron chi connectivity index (χ3n) is 8.44. The molecule has 1 aliphatic heterocycles. The Kier molecular flexibility index (Phi) is 8.26. The number of benzene rings is 1. The maximum absolute atomic E-state index is 14.7. The first kappa shape index (κ1) is 23.7. The van der Waals surface area contributed by atoms with Crippen molar-refractivity contribution in [2.75, 3.05) is 13.2 Å². The van der Waals surface area contributed by atoms with Gasteiger partial charge in [0.15, 0.2) is 11.6 Å². The summed E-state index contributed by atoms with van der Waals surface area (Å²) in [7, 11) is 0. The molecule has 0 amide bonds. The van der Waals surface area contributed by atoms with Crippen LogP contribution in [0.15, 0.2) is 24.8 Å². The van der Waals surface area contributed by atoms with Crippen molar-refractivity contribution in [3.8, 4) is 5.75 Å². The van der Waals surface area contributed by atoms with Crippen LogP contribution in [0.3, 0.4) is 0 Å². The fourth-order valence-electron chi connectivity index (χ4n) is 6.38. The highest BCUT2D eigenvalue weighted by atomic mass is 19.2. The highest BCUT2D eigenvalue weighted by molar-refractivity contribution is 5.33. The van der Waals surface area contributed by atoms with Crippen molar-refractivity contribution in [1.29, 1.82) is 0 Å². The van der Waals surface area contributed by atoms with Crippen LogP contribution in [-0.4, -0.2) is 19.3 Å². The monoisotopic (exact) mass is 446 g/mol. The molecule has 4 heteroatoms. The molecule has 0 N–H and O–H groups in total. The molecule has 0 aromatic heterocycles. The van der Waals surface area contributed by atoms with E-state index in [0.717, 1.165) is 44.6 Å². The van der Waals surface area contributed by atoms with Crippen LogP contribution in [0.4, 0.5) is 8.78 Å². The maximum atomic E-state index is 14.7. The maximum Gasteiger partial charge on any atom is 0.200 e. The fraction of sp³-hybridized carbons (Fsp3) is 0.714. The Morgan fingerprint density at radius 1 is 0.906 bits per heavy atom. The summed E-state index contributed by atoms with van der Waals surface area (Å²) < 4.78 is 40.9. The molecule has 0 spiro atoms. The van der Waals surface area contributed by atoms with Crippen molar-refractivity contribution < 1.29 is 18.3 Å². The number of hydrogen-bond donors (Lipinski definition) is 0. The molecule has 0 bridgehead atoms. The zero-order chi connectivity index (χ0) is 22.5. The summed E-state index contributed by atoms with van der Waals surface area (Å²) in [5.41, 5.74) is 0.528. The normalized spacial score (nSPS) is 33.6. The van der Waals surface area contributed by atoms with Gasteiger partial charge >= 0.3 is 0 Å². The van der Waals surface area contributed by atoms with Crippen LogP contribution >= 0.6 is 0 Å². The second-order valence-corrected chi connectivity index (χ2v) is 10.4. The Balaban J connectivity index is 1.25. The predicted octanol–water partition coefficient (Wildman–Crippen LogP) is 7.82. The minimum Gasteiger partial charge on any atom is -0.490 e. The number of hydrogen-bond acceptors (Lipinski definition) is 2. The molecule has 0 radical (unpaired) electrons. The molecule has 3 aliphatic rings. The molecule has 2 unspecified atom stereocenters. The molecule has 4 rings (SSSR count). The van der Waals surface area contributed by atoms with E-state index in [-0.39, 0.29) is 11.7 Å². The van der Waals surface area contributed by atoms with Gasteiger partial charge < -0.3 is 9.47 Å². The number of ether oxygens (including phenoxy) is 2. The molecular formula is C28H40F2O2. The highest BCUT2D eigenvalue weighted by Crippen LogP contribution is 2.44. The van der Waals surface area contributed by atoms with Gasteiger partial charge in [-0.2, -0.15) is 4.39 Å². The summed E-state index contributed by atoms with van der Waals surface area (Å²) in [4.78, 5) is 0. The molecule has 2 nitrogen and oxygen atoms in total. The highest BCUT2D eigenvalue weighted by Gasteiger charge is 2.36. The predicted molar refractivity (Wildman–Crippen MR) is 125 cm³/mol. The molecule has 178 valence electrons. The fourth-order valence-corrected chi connectivity index (χ4v) is 6.38. The Hall–Kier alpha value is -1.42.